The minimum absolute atomic E-state index is 0.281. The predicted molar refractivity (Wildman–Crippen MR) is 87.0 cm³/mol. The standard InChI is InChI=1S/C17H17BrN2/c18-14-7-5-12(6-8-14)16-9-10-17(20-16)15-4-2-1-3-13(15)11-19/h1-8,16H,9-11,19H2. The Balaban J connectivity index is 1.89. The molecule has 0 spiro atoms. The van der Waals surface area contributed by atoms with Gasteiger partial charge in [0, 0.05) is 16.7 Å². The van der Waals surface area contributed by atoms with Gasteiger partial charge >= 0.3 is 0 Å². The monoisotopic (exact) mass is 328 g/mol. The first-order chi connectivity index (χ1) is 9.78. The number of halogens is 1. The largest absolute Gasteiger partial charge is 0.326 e. The second kappa shape index (κ2) is 5.90. The molecular weight excluding hydrogens is 312 g/mol. The van der Waals surface area contributed by atoms with Gasteiger partial charge in [-0.25, -0.2) is 0 Å². The van der Waals surface area contributed by atoms with Crippen molar-refractivity contribution < 1.29 is 0 Å². The van der Waals surface area contributed by atoms with Gasteiger partial charge in [0.25, 0.3) is 0 Å². The maximum Gasteiger partial charge on any atom is 0.0756 e. The number of aliphatic imine (C=N–C) groups is 1. The molecule has 20 heavy (non-hydrogen) atoms. The lowest BCUT2D eigenvalue weighted by Gasteiger charge is -2.07. The highest BCUT2D eigenvalue weighted by atomic mass is 79.9. The van der Waals surface area contributed by atoms with E-state index >= 15 is 0 Å². The molecule has 0 saturated heterocycles. The van der Waals surface area contributed by atoms with Crippen molar-refractivity contribution in [3.8, 4) is 0 Å². The fraction of sp³-hybridized carbons (Fsp3) is 0.235. The van der Waals surface area contributed by atoms with E-state index in [4.69, 9.17) is 10.7 Å². The Morgan fingerprint density at radius 3 is 2.60 bits per heavy atom. The van der Waals surface area contributed by atoms with E-state index in [0.29, 0.717) is 6.54 Å². The summed E-state index contributed by atoms with van der Waals surface area (Å²) in [5, 5.41) is 0. The molecule has 1 aliphatic heterocycles. The molecule has 1 atom stereocenters. The number of nitrogens with two attached hydrogens (primary N) is 1. The van der Waals surface area contributed by atoms with Crippen molar-refractivity contribution in [3.05, 3.63) is 69.7 Å². The van der Waals surface area contributed by atoms with Crippen LogP contribution in [-0.4, -0.2) is 5.71 Å². The van der Waals surface area contributed by atoms with E-state index in [1.165, 1.54) is 22.4 Å². The molecule has 102 valence electrons. The topological polar surface area (TPSA) is 38.4 Å². The number of nitrogens with zero attached hydrogens (tertiary/aromatic N) is 1. The van der Waals surface area contributed by atoms with Crippen LogP contribution in [0.3, 0.4) is 0 Å². The third-order valence-electron chi connectivity index (χ3n) is 3.77. The molecule has 3 heteroatoms. The first-order valence-corrected chi connectivity index (χ1v) is 7.67. The van der Waals surface area contributed by atoms with E-state index in [2.05, 4.69) is 58.4 Å². The van der Waals surface area contributed by atoms with Crippen molar-refractivity contribution >= 4 is 21.6 Å². The van der Waals surface area contributed by atoms with Gasteiger partial charge in [-0.3, -0.25) is 4.99 Å². The molecule has 0 aliphatic carbocycles. The van der Waals surface area contributed by atoms with E-state index in [1.807, 2.05) is 6.07 Å². The molecule has 2 aromatic rings. The molecule has 2 aromatic carbocycles. The van der Waals surface area contributed by atoms with Crippen molar-refractivity contribution in [1.29, 1.82) is 0 Å². The van der Waals surface area contributed by atoms with Crippen LogP contribution in [0.1, 0.15) is 35.6 Å². The summed E-state index contributed by atoms with van der Waals surface area (Å²) in [6.07, 6.45) is 2.10. The van der Waals surface area contributed by atoms with E-state index in [1.54, 1.807) is 0 Å². The first kappa shape index (κ1) is 13.5. The summed E-state index contributed by atoms with van der Waals surface area (Å²) in [5.74, 6) is 0. The molecule has 0 bridgehead atoms. The molecule has 3 rings (SSSR count). The second-order valence-electron chi connectivity index (χ2n) is 5.04. The zero-order chi connectivity index (χ0) is 13.9. The predicted octanol–water partition coefficient (Wildman–Crippen LogP) is 4.23. The summed E-state index contributed by atoms with van der Waals surface area (Å²) in [6.45, 7) is 0.568. The lowest BCUT2D eigenvalue weighted by atomic mass is 10.00. The Bertz CT molecular complexity index is 632. The lowest BCUT2D eigenvalue weighted by molar-refractivity contribution is 0.723. The highest BCUT2D eigenvalue weighted by molar-refractivity contribution is 9.10. The molecular formula is C17H17BrN2. The number of benzene rings is 2. The second-order valence-corrected chi connectivity index (χ2v) is 5.96. The van der Waals surface area contributed by atoms with E-state index < -0.39 is 0 Å². The van der Waals surface area contributed by atoms with Gasteiger partial charge < -0.3 is 5.73 Å². The molecule has 0 amide bonds. The van der Waals surface area contributed by atoms with Gasteiger partial charge in [0.1, 0.15) is 0 Å². The van der Waals surface area contributed by atoms with Crippen molar-refractivity contribution in [2.75, 3.05) is 0 Å². The quantitative estimate of drug-likeness (QED) is 0.899. The summed E-state index contributed by atoms with van der Waals surface area (Å²) < 4.78 is 1.11. The smallest absolute Gasteiger partial charge is 0.0756 e. The fourth-order valence-electron chi connectivity index (χ4n) is 2.70. The van der Waals surface area contributed by atoms with E-state index in [-0.39, 0.29) is 6.04 Å². The summed E-state index contributed by atoms with van der Waals surface area (Å²) in [4.78, 5) is 4.91. The SMILES string of the molecule is NCc1ccccc1C1=NC(c2ccc(Br)cc2)CC1. The van der Waals surface area contributed by atoms with Gasteiger partial charge in [-0.15, -0.1) is 0 Å². The van der Waals surface area contributed by atoms with Gasteiger partial charge in [-0.2, -0.15) is 0 Å². The third-order valence-corrected chi connectivity index (χ3v) is 4.30. The van der Waals surface area contributed by atoms with Crippen molar-refractivity contribution in [2.24, 2.45) is 10.7 Å². The zero-order valence-electron chi connectivity index (χ0n) is 11.2. The average molecular weight is 329 g/mol. The van der Waals surface area contributed by atoms with Crippen LogP contribution in [0.2, 0.25) is 0 Å². The fourth-order valence-corrected chi connectivity index (χ4v) is 2.97. The van der Waals surface area contributed by atoms with E-state index in [0.717, 1.165) is 17.3 Å². The van der Waals surface area contributed by atoms with Gasteiger partial charge in [0.05, 0.1) is 6.04 Å². The molecule has 2 nitrogen and oxygen atoms in total. The van der Waals surface area contributed by atoms with Crippen LogP contribution in [-0.2, 0) is 6.54 Å². The molecule has 1 unspecified atom stereocenters. The normalized spacial score (nSPS) is 18.1. The van der Waals surface area contributed by atoms with Crippen LogP contribution in [0.25, 0.3) is 0 Å². The van der Waals surface area contributed by atoms with E-state index in [9.17, 15) is 0 Å². The number of hydrogen-bond acceptors (Lipinski definition) is 2. The zero-order valence-corrected chi connectivity index (χ0v) is 12.8. The molecule has 0 aromatic heterocycles. The Morgan fingerprint density at radius 1 is 1.10 bits per heavy atom. The van der Waals surface area contributed by atoms with Crippen molar-refractivity contribution in [1.82, 2.24) is 0 Å². The first-order valence-electron chi connectivity index (χ1n) is 6.88. The minimum Gasteiger partial charge on any atom is -0.326 e. The molecule has 0 saturated carbocycles. The lowest BCUT2D eigenvalue weighted by Crippen LogP contribution is -2.06. The summed E-state index contributed by atoms with van der Waals surface area (Å²) in [7, 11) is 0. The Labute approximate surface area is 127 Å². The number of hydrogen-bond donors (Lipinski definition) is 1. The van der Waals surface area contributed by atoms with Gasteiger partial charge in [-0.05, 0) is 41.7 Å². The molecule has 1 heterocycles. The number of rotatable bonds is 3. The molecule has 0 fully saturated rings. The van der Waals surface area contributed by atoms with Crippen LogP contribution in [0.15, 0.2) is 58.0 Å². The van der Waals surface area contributed by atoms with Crippen molar-refractivity contribution in [2.45, 2.75) is 25.4 Å². The highest BCUT2D eigenvalue weighted by Crippen LogP contribution is 2.32. The van der Waals surface area contributed by atoms with Crippen LogP contribution >= 0.6 is 15.9 Å². The molecule has 1 aliphatic rings. The minimum atomic E-state index is 0.281. The molecule has 2 N–H and O–H groups in total. The van der Waals surface area contributed by atoms with Gasteiger partial charge in [0.15, 0.2) is 0 Å². The Hall–Kier alpha value is -1.45. The maximum atomic E-state index is 5.82. The average Bonchev–Trinajstić information content (AvgIpc) is 2.97. The Morgan fingerprint density at radius 2 is 1.85 bits per heavy atom. The van der Waals surface area contributed by atoms with Crippen LogP contribution in [0.5, 0.6) is 0 Å². The maximum absolute atomic E-state index is 5.82. The van der Waals surface area contributed by atoms with Crippen LogP contribution < -0.4 is 5.73 Å². The molecule has 0 radical (unpaired) electrons. The van der Waals surface area contributed by atoms with Crippen LogP contribution in [0, 0.1) is 0 Å². The highest BCUT2D eigenvalue weighted by Gasteiger charge is 2.21. The summed E-state index contributed by atoms with van der Waals surface area (Å²) in [5.41, 5.74) is 10.7. The summed E-state index contributed by atoms with van der Waals surface area (Å²) in [6, 6.07) is 17.1. The van der Waals surface area contributed by atoms with Crippen LogP contribution in [0.4, 0.5) is 0 Å². The van der Waals surface area contributed by atoms with Crippen molar-refractivity contribution in [3.63, 3.8) is 0 Å². The Kier molecular flexibility index (Phi) is 3.99. The van der Waals surface area contributed by atoms with Gasteiger partial charge in [-0.1, -0.05) is 52.3 Å². The summed E-state index contributed by atoms with van der Waals surface area (Å²) >= 11 is 3.47. The van der Waals surface area contributed by atoms with Gasteiger partial charge in [0.2, 0.25) is 0 Å². The third kappa shape index (κ3) is 2.69.